The Morgan fingerprint density at radius 2 is 0.571 bits per heavy atom. The highest BCUT2D eigenvalue weighted by Gasteiger charge is 2.30. The zero-order valence-corrected chi connectivity index (χ0v) is 55.1. The van der Waals surface area contributed by atoms with Gasteiger partial charge in [0.25, 0.3) is 0 Å². The van der Waals surface area contributed by atoms with Gasteiger partial charge in [0.1, 0.15) is 19.3 Å². The summed E-state index contributed by atoms with van der Waals surface area (Å²) < 4.78 is 67.9. The molecule has 0 aliphatic carbocycles. The van der Waals surface area contributed by atoms with Gasteiger partial charge < -0.3 is 33.8 Å². The largest absolute Gasteiger partial charge is 0.472 e. The van der Waals surface area contributed by atoms with Gasteiger partial charge in [-0.05, 0) is 51.4 Å². The van der Waals surface area contributed by atoms with Crippen LogP contribution in [0.1, 0.15) is 310 Å². The summed E-state index contributed by atoms with van der Waals surface area (Å²) in [5, 5.41) is 10.5. The number of esters is 4. The van der Waals surface area contributed by atoms with Crippen LogP contribution in [0.4, 0.5) is 0 Å². The first kappa shape index (κ1) is 81.5. The van der Waals surface area contributed by atoms with Gasteiger partial charge in [-0.1, -0.05) is 257 Å². The molecule has 84 heavy (non-hydrogen) atoms. The Morgan fingerprint density at radius 1 is 0.333 bits per heavy atom. The summed E-state index contributed by atoms with van der Waals surface area (Å²) in [5.41, 5.74) is 0. The van der Waals surface area contributed by atoms with E-state index in [1.54, 1.807) is 0 Å². The van der Waals surface area contributed by atoms with Crippen LogP contribution >= 0.6 is 15.6 Å². The lowest BCUT2D eigenvalue weighted by Crippen LogP contribution is -2.30. The standard InChI is InChI=1S/C65H122O17P2/c1-5-9-13-17-21-25-27-29-30-32-34-36-40-44-48-52-65(70)82-61(56-76-63(68)50-46-42-39-35-33-31-28-26-22-18-14-10-6-2)58-80-84(73,74)78-54-59(66)53-77-83(71,72)79-57-60(81-64(69)51-47-43-38-24-20-16-12-8-4)55-75-62(67)49-45-41-37-23-19-15-11-7-3/h25,27,29-30,59-61,66H,5-24,26,28,31-58H2,1-4H3,(H,71,72)(H,73,74)/b27-25-,30-29-/t59-,60+,61+/m0/s1. The van der Waals surface area contributed by atoms with Crippen LogP contribution in [0.2, 0.25) is 0 Å². The third-order valence-corrected chi connectivity index (χ3v) is 16.4. The van der Waals surface area contributed by atoms with Crippen molar-refractivity contribution in [2.24, 2.45) is 0 Å². The monoisotopic (exact) mass is 1240 g/mol. The number of unbranched alkanes of at least 4 members (excludes halogenated alkanes) is 35. The number of hydrogen-bond acceptors (Lipinski definition) is 15. The molecule has 494 valence electrons. The molecule has 0 radical (unpaired) electrons. The first-order chi connectivity index (χ1) is 40.7. The first-order valence-electron chi connectivity index (χ1n) is 33.6. The Morgan fingerprint density at radius 3 is 0.869 bits per heavy atom. The average molecular weight is 1240 g/mol. The van der Waals surface area contributed by atoms with E-state index in [4.69, 9.17) is 37.0 Å². The van der Waals surface area contributed by atoms with E-state index in [2.05, 4.69) is 52.0 Å². The maximum Gasteiger partial charge on any atom is 0.472 e. The van der Waals surface area contributed by atoms with Gasteiger partial charge in [0.2, 0.25) is 0 Å². The van der Waals surface area contributed by atoms with Gasteiger partial charge in [-0.25, -0.2) is 9.13 Å². The molecule has 0 saturated heterocycles. The Balaban J connectivity index is 5.24. The molecule has 0 aromatic carbocycles. The smallest absolute Gasteiger partial charge is 0.462 e. The molecule has 0 aliphatic heterocycles. The SMILES string of the molecule is CCCCCC/C=C\C=C/CCCCCCCC(=O)O[C@H](COC(=O)CCCCCCCCCCCCCCC)COP(=O)(O)OC[C@@H](O)COP(=O)(O)OC[C@@H](COC(=O)CCCCCCCCCC)OC(=O)CCCCCCCCCC. The maximum absolute atomic E-state index is 13.0. The van der Waals surface area contributed by atoms with Gasteiger partial charge in [-0.3, -0.25) is 37.3 Å². The lowest BCUT2D eigenvalue weighted by molar-refractivity contribution is -0.161. The normalized spacial score (nSPS) is 14.3. The fourth-order valence-electron chi connectivity index (χ4n) is 9.27. The van der Waals surface area contributed by atoms with E-state index in [-0.39, 0.29) is 25.7 Å². The number of rotatable bonds is 64. The maximum atomic E-state index is 13.0. The van der Waals surface area contributed by atoms with Gasteiger partial charge in [0.05, 0.1) is 26.4 Å². The average Bonchev–Trinajstić information content (AvgIpc) is 3.61. The van der Waals surface area contributed by atoms with Crippen LogP contribution in [0.15, 0.2) is 24.3 Å². The Labute approximate surface area is 510 Å². The van der Waals surface area contributed by atoms with Crippen LogP contribution in [0.3, 0.4) is 0 Å². The van der Waals surface area contributed by atoms with Crippen molar-refractivity contribution in [1.29, 1.82) is 0 Å². The third kappa shape index (κ3) is 58.6. The van der Waals surface area contributed by atoms with Crippen molar-refractivity contribution in [3.63, 3.8) is 0 Å². The first-order valence-corrected chi connectivity index (χ1v) is 36.6. The molecule has 0 fully saturated rings. The molecule has 2 unspecified atom stereocenters. The molecule has 0 aliphatic rings. The van der Waals surface area contributed by atoms with E-state index in [1.165, 1.54) is 116 Å². The lowest BCUT2D eigenvalue weighted by atomic mass is 10.0. The number of aliphatic hydroxyl groups is 1. The van der Waals surface area contributed by atoms with E-state index < -0.39 is 97.5 Å². The van der Waals surface area contributed by atoms with Crippen molar-refractivity contribution in [1.82, 2.24) is 0 Å². The molecule has 0 aromatic rings. The number of hydrogen-bond donors (Lipinski definition) is 3. The predicted molar refractivity (Wildman–Crippen MR) is 335 cm³/mol. The quantitative estimate of drug-likeness (QED) is 0.0169. The second kappa shape index (κ2) is 59.5. The number of ether oxygens (including phenoxy) is 4. The van der Waals surface area contributed by atoms with E-state index in [9.17, 15) is 43.2 Å². The molecule has 0 heterocycles. The fourth-order valence-corrected chi connectivity index (χ4v) is 10.8. The molecule has 17 nitrogen and oxygen atoms in total. The minimum absolute atomic E-state index is 0.0856. The Bertz CT molecular complexity index is 1710. The van der Waals surface area contributed by atoms with Crippen molar-refractivity contribution >= 4 is 39.5 Å². The summed E-state index contributed by atoms with van der Waals surface area (Å²) in [7, 11) is -9.89. The number of phosphoric acid groups is 2. The number of phosphoric ester groups is 2. The number of allylic oxidation sites excluding steroid dienone is 4. The number of aliphatic hydroxyl groups excluding tert-OH is 1. The van der Waals surface area contributed by atoms with Crippen LogP contribution in [-0.4, -0.2) is 96.7 Å². The highest BCUT2D eigenvalue weighted by atomic mass is 31.2. The van der Waals surface area contributed by atoms with E-state index in [0.717, 1.165) is 116 Å². The van der Waals surface area contributed by atoms with Gasteiger partial charge in [0, 0.05) is 25.7 Å². The molecule has 0 saturated carbocycles. The highest BCUT2D eigenvalue weighted by Crippen LogP contribution is 2.45. The summed E-state index contributed by atoms with van der Waals surface area (Å²) >= 11 is 0. The van der Waals surface area contributed by atoms with Crippen LogP contribution in [0.5, 0.6) is 0 Å². The molecular formula is C65H122O17P2. The van der Waals surface area contributed by atoms with Gasteiger partial charge in [-0.2, -0.15) is 0 Å². The van der Waals surface area contributed by atoms with Crippen molar-refractivity contribution in [3.8, 4) is 0 Å². The van der Waals surface area contributed by atoms with E-state index >= 15 is 0 Å². The fraction of sp³-hybridized carbons (Fsp3) is 0.877. The summed E-state index contributed by atoms with van der Waals surface area (Å²) in [6.45, 7) is 4.78. The van der Waals surface area contributed by atoms with Crippen LogP contribution in [-0.2, 0) is 65.4 Å². The molecule has 5 atom stereocenters. The van der Waals surface area contributed by atoms with Gasteiger partial charge in [0.15, 0.2) is 12.2 Å². The lowest BCUT2D eigenvalue weighted by Gasteiger charge is -2.21. The van der Waals surface area contributed by atoms with Crippen LogP contribution in [0.25, 0.3) is 0 Å². The highest BCUT2D eigenvalue weighted by molar-refractivity contribution is 7.47. The van der Waals surface area contributed by atoms with Gasteiger partial charge in [-0.15, -0.1) is 0 Å². The van der Waals surface area contributed by atoms with Crippen molar-refractivity contribution in [3.05, 3.63) is 24.3 Å². The Hall–Kier alpha value is -2.46. The van der Waals surface area contributed by atoms with Crippen molar-refractivity contribution < 1.29 is 80.2 Å². The van der Waals surface area contributed by atoms with Crippen LogP contribution in [0, 0.1) is 0 Å². The third-order valence-electron chi connectivity index (χ3n) is 14.5. The van der Waals surface area contributed by atoms with Gasteiger partial charge >= 0.3 is 39.5 Å². The second-order valence-corrected chi connectivity index (χ2v) is 25.7. The summed E-state index contributed by atoms with van der Waals surface area (Å²) in [6, 6.07) is 0. The summed E-state index contributed by atoms with van der Waals surface area (Å²) in [6.07, 6.45) is 48.1. The molecule has 0 rings (SSSR count). The minimum Gasteiger partial charge on any atom is -0.462 e. The van der Waals surface area contributed by atoms with E-state index in [1.807, 2.05) is 0 Å². The molecule has 0 amide bonds. The van der Waals surface area contributed by atoms with Crippen molar-refractivity contribution in [2.75, 3.05) is 39.6 Å². The second-order valence-electron chi connectivity index (χ2n) is 22.8. The molecule has 19 heteroatoms. The molecule has 0 aromatic heterocycles. The minimum atomic E-state index is -4.95. The Kier molecular flexibility index (Phi) is 57.8. The summed E-state index contributed by atoms with van der Waals surface area (Å²) in [5.74, 6) is -2.16. The van der Waals surface area contributed by atoms with Crippen LogP contribution < -0.4 is 0 Å². The number of carbonyl (C=O) groups is 4. The summed E-state index contributed by atoms with van der Waals surface area (Å²) in [4.78, 5) is 72.1. The molecular weight excluding hydrogens is 1110 g/mol. The molecule has 0 spiro atoms. The zero-order valence-electron chi connectivity index (χ0n) is 53.3. The van der Waals surface area contributed by atoms with Crippen molar-refractivity contribution in [2.45, 2.75) is 329 Å². The molecule has 0 bridgehead atoms. The predicted octanol–water partition coefficient (Wildman–Crippen LogP) is 17.9. The molecule has 3 N–H and O–H groups in total. The van der Waals surface area contributed by atoms with E-state index in [0.29, 0.717) is 25.7 Å². The zero-order chi connectivity index (χ0) is 61.9. The topological polar surface area (TPSA) is 237 Å². The number of carbonyl (C=O) groups excluding carboxylic acids is 4.